The molecule has 0 unspecified atom stereocenters. The number of benzene rings is 1. The SMILES string of the molecule is CC(=O)Oc1c2c(c(OC(=O)C#N)c3c1S/C(=C(/C#N)C=O)S3)S/C(=C(/C#N)C(N)=O)S2. The van der Waals surface area contributed by atoms with Crippen LogP contribution in [0.2, 0.25) is 0 Å². The van der Waals surface area contributed by atoms with Crippen molar-refractivity contribution in [2.75, 3.05) is 0 Å². The third kappa shape index (κ3) is 4.20. The van der Waals surface area contributed by atoms with Crippen molar-refractivity contribution in [1.29, 1.82) is 15.8 Å². The summed E-state index contributed by atoms with van der Waals surface area (Å²) in [5.41, 5.74) is 4.72. The summed E-state index contributed by atoms with van der Waals surface area (Å²) in [5, 5.41) is 27.4. The zero-order chi connectivity index (χ0) is 23.6. The quantitative estimate of drug-likeness (QED) is 0.158. The molecule has 2 N–H and O–H groups in total. The molecule has 0 saturated heterocycles. The summed E-state index contributed by atoms with van der Waals surface area (Å²) in [7, 11) is 0. The van der Waals surface area contributed by atoms with E-state index < -0.39 is 17.8 Å². The van der Waals surface area contributed by atoms with E-state index in [9.17, 15) is 29.7 Å². The van der Waals surface area contributed by atoms with E-state index in [0.717, 1.165) is 54.0 Å². The summed E-state index contributed by atoms with van der Waals surface area (Å²) >= 11 is 3.63. The number of hydrogen-bond donors (Lipinski definition) is 1. The van der Waals surface area contributed by atoms with Gasteiger partial charge in [0.1, 0.15) is 23.3 Å². The first-order valence-corrected chi connectivity index (χ1v) is 11.3. The molecule has 0 bridgehead atoms. The lowest BCUT2D eigenvalue weighted by atomic mass is 10.3. The van der Waals surface area contributed by atoms with Crippen LogP contribution in [0.1, 0.15) is 6.92 Å². The largest absolute Gasteiger partial charge is 0.424 e. The van der Waals surface area contributed by atoms with E-state index in [0.29, 0.717) is 6.29 Å². The summed E-state index contributed by atoms with van der Waals surface area (Å²) in [4.78, 5) is 47.4. The number of allylic oxidation sites excluding steroid dienone is 1. The minimum atomic E-state index is -1.24. The fourth-order valence-corrected chi connectivity index (χ4v) is 7.68. The number of esters is 2. The fraction of sp³-hybridized carbons (Fsp3) is 0.0556. The molecule has 0 atom stereocenters. The minimum Gasteiger partial charge on any atom is -0.424 e. The van der Waals surface area contributed by atoms with Crippen LogP contribution in [0.5, 0.6) is 11.5 Å². The summed E-state index contributed by atoms with van der Waals surface area (Å²) in [5.74, 6) is -2.97. The molecule has 158 valence electrons. The Kier molecular flexibility index (Phi) is 6.87. The zero-order valence-electron chi connectivity index (χ0n) is 15.6. The topological polar surface area (TPSA) is 184 Å². The highest BCUT2D eigenvalue weighted by Crippen LogP contribution is 2.68. The lowest BCUT2D eigenvalue weighted by Crippen LogP contribution is -2.13. The van der Waals surface area contributed by atoms with Gasteiger partial charge in [-0.3, -0.25) is 14.4 Å². The van der Waals surface area contributed by atoms with E-state index in [2.05, 4.69) is 0 Å². The van der Waals surface area contributed by atoms with Gasteiger partial charge in [0, 0.05) is 6.92 Å². The number of aldehydes is 1. The van der Waals surface area contributed by atoms with Crippen LogP contribution in [0.4, 0.5) is 0 Å². The van der Waals surface area contributed by atoms with Crippen LogP contribution >= 0.6 is 47.0 Å². The summed E-state index contributed by atoms with van der Waals surface area (Å²) in [6.45, 7) is 1.16. The van der Waals surface area contributed by atoms with Crippen molar-refractivity contribution in [2.24, 2.45) is 5.73 Å². The van der Waals surface area contributed by atoms with Gasteiger partial charge in [0.15, 0.2) is 23.9 Å². The molecule has 10 nitrogen and oxygen atoms in total. The highest BCUT2D eigenvalue weighted by molar-refractivity contribution is 8.26. The lowest BCUT2D eigenvalue weighted by molar-refractivity contribution is -0.132. The summed E-state index contributed by atoms with van der Waals surface area (Å²) < 4.78 is 11.0. The molecule has 1 aromatic carbocycles. The number of primary amides is 1. The number of hydrogen-bond acceptors (Lipinski definition) is 13. The Morgan fingerprint density at radius 2 is 1.34 bits per heavy atom. The van der Waals surface area contributed by atoms with Crippen molar-refractivity contribution in [3.05, 3.63) is 19.6 Å². The smallest absolute Gasteiger partial charge is 0.416 e. The number of rotatable bonds is 4. The third-order valence-electron chi connectivity index (χ3n) is 3.57. The molecule has 0 radical (unpaired) electrons. The first-order chi connectivity index (χ1) is 15.2. The molecule has 1 amide bonds. The number of thioether (sulfide) groups is 4. The molecule has 32 heavy (non-hydrogen) atoms. The van der Waals surface area contributed by atoms with Gasteiger partial charge in [-0.2, -0.15) is 15.8 Å². The molecule has 0 saturated carbocycles. The Hall–Kier alpha value is -3.35. The third-order valence-corrected chi connectivity index (χ3v) is 8.79. The van der Waals surface area contributed by atoms with Crippen LogP contribution in [0.3, 0.4) is 0 Å². The highest BCUT2D eigenvalue weighted by atomic mass is 32.2. The van der Waals surface area contributed by atoms with Gasteiger partial charge in [0.2, 0.25) is 0 Å². The van der Waals surface area contributed by atoms with Crippen molar-refractivity contribution in [3.63, 3.8) is 0 Å². The van der Waals surface area contributed by atoms with Crippen LogP contribution < -0.4 is 15.2 Å². The normalized spacial score (nSPS) is 16.4. The highest BCUT2D eigenvalue weighted by Gasteiger charge is 2.39. The van der Waals surface area contributed by atoms with Gasteiger partial charge >= 0.3 is 11.9 Å². The molecule has 2 aliphatic heterocycles. The van der Waals surface area contributed by atoms with Gasteiger partial charge < -0.3 is 15.2 Å². The molecule has 0 spiro atoms. The first kappa shape index (κ1) is 23.3. The maximum atomic E-state index is 11.8. The van der Waals surface area contributed by atoms with Gasteiger partial charge in [-0.25, -0.2) is 4.79 Å². The van der Waals surface area contributed by atoms with Gasteiger partial charge in [0.05, 0.1) is 28.1 Å². The number of nitrogens with zero attached hydrogens (tertiary/aromatic N) is 3. The number of carbonyl (C=O) groups is 4. The predicted molar refractivity (Wildman–Crippen MR) is 113 cm³/mol. The second-order valence-corrected chi connectivity index (χ2v) is 10.1. The van der Waals surface area contributed by atoms with Gasteiger partial charge in [-0.15, -0.1) is 0 Å². The van der Waals surface area contributed by atoms with Crippen LogP contribution in [-0.4, -0.2) is 24.1 Å². The van der Waals surface area contributed by atoms with E-state index in [-0.39, 0.29) is 50.7 Å². The van der Waals surface area contributed by atoms with Crippen LogP contribution in [-0.2, 0) is 19.2 Å². The van der Waals surface area contributed by atoms with Crippen molar-refractivity contribution in [2.45, 2.75) is 26.5 Å². The van der Waals surface area contributed by atoms with E-state index in [1.165, 1.54) is 6.07 Å². The van der Waals surface area contributed by atoms with Crippen molar-refractivity contribution in [3.8, 4) is 29.7 Å². The average Bonchev–Trinajstić information content (AvgIpc) is 3.36. The molecule has 14 heteroatoms. The van der Waals surface area contributed by atoms with E-state index >= 15 is 0 Å². The Morgan fingerprint density at radius 3 is 1.72 bits per heavy atom. The van der Waals surface area contributed by atoms with Crippen LogP contribution in [0, 0.1) is 34.0 Å². The molecular formula is C18H6N4O6S4. The van der Waals surface area contributed by atoms with Crippen molar-refractivity contribution < 1.29 is 28.7 Å². The van der Waals surface area contributed by atoms with Gasteiger partial charge in [0.25, 0.3) is 5.91 Å². The van der Waals surface area contributed by atoms with E-state index in [1.807, 2.05) is 0 Å². The number of carbonyl (C=O) groups excluding carboxylic acids is 4. The fourth-order valence-electron chi connectivity index (χ4n) is 2.38. The van der Waals surface area contributed by atoms with E-state index in [4.69, 9.17) is 20.5 Å². The van der Waals surface area contributed by atoms with Crippen LogP contribution in [0.15, 0.2) is 39.2 Å². The summed E-state index contributed by atoms with van der Waals surface area (Å²) in [6.07, 6.45) is 0.359. The molecule has 1 aromatic rings. The summed E-state index contributed by atoms with van der Waals surface area (Å²) in [6, 6.07) is 4.79. The number of nitriles is 3. The molecule has 0 aromatic heterocycles. The Morgan fingerprint density at radius 1 is 0.844 bits per heavy atom. The standard InChI is InChI=1S/C18H6N4O6S4/c1-6(24)27-10-12-14(30-17(29-12)7(2-19)5-23)11(28-9(25)4-21)15-13(10)31-18(32-15)8(3-20)16(22)26/h5H,1H3,(H2,22,26)/b17-7+,18-8-. The molecule has 0 aliphatic carbocycles. The zero-order valence-corrected chi connectivity index (χ0v) is 18.8. The van der Waals surface area contributed by atoms with Crippen LogP contribution in [0.25, 0.3) is 0 Å². The Balaban J connectivity index is 2.34. The minimum absolute atomic E-state index is 0.0317. The molecular weight excluding hydrogens is 496 g/mol. The monoisotopic (exact) mass is 502 g/mol. The second kappa shape index (κ2) is 9.42. The van der Waals surface area contributed by atoms with Gasteiger partial charge in [-0.1, -0.05) is 47.0 Å². The molecule has 3 rings (SSSR count). The maximum Gasteiger partial charge on any atom is 0.416 e. The number of fused-ring (bicyclic) bond motifs is 2. The van der Waals surface area contributed by atoms with E-state index in [1.54, 1.807) is 12.1 Å². The molecule has 2 heterocycles. The average molecular weight is 503 g/mol. The number of ether oxygens (including phenoxy) is 2. The Bertz CT molecular complexity index is 1310. The van der Waals surface area contributed by atoms with Crippen molar-refractivity contribution >= 4 is 71.2 Å². The molecule has 2 aliphatic rings. The maximum absolute atomic E-state index is 11.8. The first-order valence-electron chi connectivity index (χ1n) is 8.05. The number of nitrogens with two attached hydrogens (primary N) is 1. The number of amides is 1. The Labute approximate surface area is 196 Å². The van der Waals surface area contributed by atoms with Crippen molar-refractivity contribution in [1.82, 2.24) is 0 Å². The second-order valence-electron chi connectivity index (χ2n) is 5.55. The van der Waals surface area contributed by atoms with Gasteiger partial charge in [-0.05, 0) is 0 Å². The lowest BCUT2D eigenvalue weighted by Gasteiger charge is -2.14. The predicted octanol–water partition coefficient (Wildman–Crippen LogP) is 2.59. The molecule has 0 fully saturated rings.